The Balaban J connectivity index is 1.82. The summed E-state index contributed by atoms with van der Waals surface area (Å²) in [5, 5.41) is 4.74. The third-order valence-electron chi connectivity index (χ3n) is 5.90. The van der Waals surface area contributed by atoms with Crippen molar-refractivity contribution in [3.63, 3.8) is 0 Å². The van der Waals surface area contributed by atoms with Crippen molar-refractivity contribution >= 4 is 28.5 Å². The highest BCUT2D eigenvalue weighted by atomic mass is 16.5. The van der Waals surface area contributed by atoms with Crippen LogP contribution in [-0.4, -0.2) is 52.3 Å². The number of likely N-dealkylation sites (tertiary alicyclic amines) is 1. The molecule has 3 amide bonds. The molecule has 2 aromatic rings. The molecule has 3 atom stereocenters. The number of carbonyl (C=O) groups excluding carboxylic acids is 3. The smallest absolute Gasteiger partial charge is 0.246 e. The second-order valence-corrected chi connectivity index (χ2v) is 11.3. The summed E-state index contributed by atoms with van der Waals surface area (Å²) >= 11 is 0. The average molecular weight is 469 g/mol. The van der Waals surface area contributed by atoms with Gasteiger partial charge in [-0.05, 0) is 28.3 Å². The third-order valence-corrected chi connectivity index (χ3v) is 5.90. The lowest BCUT2D eigenvalue weighted by molar-refractivity contribution is -0.143. The van der Waals surface area contributed by atoms with Crippen LogP contribution in [0.4, 0.5) is 0 Å². The molecule has 2 heterocycles. The first-order chi connectivity index (χ1) is 15.8. The van der Waals surface area contributed by atoms with Gasteiger partial charge in [-0.2, -0.15) is 0 Å². The van der Waals surface area contributed by atoms with E-state index >= 15 is 0 Å². The monoisotopic (exact) mass is 468 g/mol. The van der Waals surface area contributed by atoms with Crippen LogP contribution >= 0.6 is 0 Å². The van der Waals surface area contributed by atoms with E-state index in [-0.39, 0.29) is 36.6 Å². The number of nitrogens with one attached hydrogen (secondary N) is 1. The molecule has 3 rings (SSSR count). The Morgan fingerprint density at radius 2 is 1.82 bits per heavy atom. The predicted molar refractivity (Wildman–Crippen MR) is 131 cm³/mol. The van der Waals surface area contributed by atoms with E-state index in [0.29, 0.717) is 5.88 Å². The largest absolute Gasteiger partial charge is 0.472 e. The van der Waals surface area contributed by atoms with Crippen LogP contribution in [0, 0.1) is 10.8 Å². The number of rotatable bonds is 6. The van der Waals surface area contributed by atoms with Gasteiger partial charge in [0.25, 0.3) is 0 Å². The standard InChI is InChI=1S/C26H36N4O4/c1-25(2,3)14-20(31)29-21(26(4,5)6)24(33)30-15-17(13-19(30)22(27)32)34-23-18-10-8-7-9-16(18)11-12-28-23/h7-12,17,19,21H,13-15H2,1-6H3,(H2,27,32)(H,29,31)/t17-,19+,21-/m1/s1. The van der Waals surface area contributed by atoms with Gasteiger partial charge in [0.05, 0.1) is 6.54 Å². The van der Waals surface area contributed by atoms with Gasteiger partial charge in [0.2, 0.25) is 23.6 Å². The fourth-order valence-corrected chi connectivity index (χ4v) is 4.25. The minimum atomic E-state index is -0.822. The van der Waals surface area contributed by atoms with Gasteiger partial charge < -0.3 is 20.7 Å². The van der Waals surface area contributed by atoms with Gasteiger partial charge in [0, 0.05) is 24.4 Å². The van der Waals surface area contributed by atoms with Gasteiger partial charge in [-0.25, -0.2) is 4.98 Å². The molecule has 0 radical (unpaired) electrons. The van der Waals surface area contributed by atoms with Crippen molar-refractivity contribution in [2.45, 2.75) is 72.6 Å². The summed E-state index contributed by atoms with van der Waals surface area (Å²) in [4.78, 5) is 44.4. The first kappa shape index (κ1) is 25.5. The van der Waals surface area contributed by atoms with Crippen molar-refractivity contribution in [1.29, 1.82) is 0 Å². The molecule has 8 nitrogen and oxygen atoms in total. The van der Waals surface area contributed by atoms with Crippen molar-refractivity contribution in [3.8, 4) is 5.88 Å². The Labute approximate surface area is 201 Å². The lowest BCUT2D eigenvalue weighted by Crippen LogP contribution is -2.57. The highest BCUT2D eigenvalue weighted by Gasteiger charge is 2.45. The maximum atomic E-state index is 13.7. The molecule has 1 aliphatic heterocycles. The van der Waals surface area contributed by atoms with Crippen LogP contribution in [-0.2, 0) is 14.4 Å². The van der Waals surface area contributed by atoms with Gasteiger partial charge in [-0.15, -0.1) is 0 Å². The molecule has 184 valence electrons. The number of amides is 3. The summed E-state index contributed by atoms with van der Waals surface area (Å²) in [6.45, 7) is 11.7. The maximum absolute atomic E-state index is 13.7. The molecule has 0 aliphatic carbocycles. The minimum Gasteiger partial charge on any atom is -0.472 e. The summed E-state index contributed by atoms with van der Waals surface area (Å²) in [6, 6.07) is 7.99. The van der Waals surface area contributed by atoms with Crippen LogP contribution in [0.5, 0.6) is 5.88 Å². The number of hydrogen-bond donors (Lipinski definition) is 2. The number of aromatic nitrogens is 1. The van der Waals surface area contributed by atoms with Gasteiger partial charge in [0.1, 0.15) is 18.2 Å². The van der Waals surface area contributed by atoms with E-state index in [1.807, 2.05) is 71.9 Å². The number of fused-ring (bicyclic) bond motifs is 1. The van der Waals surface area contributed by atoms with Crippen LogP contribution in [0.2, 0.25) is 0 Å². The minimum absolute atomic E-state index is 0.180. The van der Waals surface area contributed by atoms with Crippen molar-refractivity contribution < 1.29 is 19.1 Å². The number of ether oxygens (including phenoxy) is 1. The SMILES string of the molecule is CC(C)(C)CC(=O)N[C@H](C(=O)N1C[C@H](Oc2nccc3ccccc23)C[C@H]1C(N)=O)C(C)(C)C. The lowest BCUT2D eigenvalue weighted by Gasteiger charge is -2.35. The number of benzene rings is 1. The Kier molecular flexibility index (Phi) is 7.19. The zero-order chi connectivity index (χ0) is 25.3. The molecule has 1 fully saturated rings. The molecule has 1 aliphatic rings. The normalized spacial score (nSPS) is 19.6. The number of pyridine rings is 1. The molecule has 1 aromatic heterocycles. The third kappa shape index (κ3) is 6.04. The summed E-state index contributed by atoms with van der Waals surface area (Å²) in [5.41, 5.74) is 4.89. The topological polar surface area (TPSA) is 115 Å². The van der Waals surface area contributed by atoms with Crippen molar-refractivity contribution in [2.24, 2.45) is 16.6 Å². The van der Waals surface area contributed by atoms with Crippen LogP contribution in [0.15, 0.2) is 36.5 Å². The Hall–Kier alpha value is -3.16. The molecule has 3 N–H and O–H groups in total. The molecule has 1 aromatic carbocycles. The Bertz CT molecular complexity index is 1070. The number of nitrogens with zero attached hydrogens (tertiary/aromatic N) is 2. The molecular weight excluding hydrogens is 432 g/mol. The summed E-state index contributed by atoms with van der Waals surface area (Å²) in [6.07, 6.45) is 1.76. The van der Waals surface area contributed by atoms with Crippen LogP contribution < -0.4 is 15.8 Å². The molecule has 0 unspecified atom stereocenters. The predicted octanol–water partition coefficient (Wildman–Crippen LogP) is 3.04. The van der Waals surface area contributed by atoms with E-state index in [2.05, 4.69) is 10.3 Å². The molecule has 34 heavy (non-hydrogen) atoms. The second kappa shape index (κ2) is 9.60. The van der Waals surface area contributed by atoms with E-state index in [4.69, 9.17) is 10.5 Å². The fraction of sp³-hybridized carbons (Fsp3) is 0.538. The quantitative estimate of drug-likeness (QED) is 0.676. The van der Waals surface area contributed by atoms with Gasteiger partial charge in [-0.1, -0.05) is 59.7 Å². The fourth-order valence-electron chi connectivity index (χ4n) is 4.25. The second-order valence-electron chi connectivity index (χ2n) is 11.3. The summed E-state index contributed by atoms with van der Waals surface area (Å²) in [5.74, 6) is -0.690. The van der Waals surface area contributed by atoms with Gasteiger partial charge >= 0.3 is 0 Å². The zero-order valence-corrected chi connectivity index (χ0v) is 20.9. The van der Waals surface area contributed by atoms with E-state index in [1.165, 1.54) is 4.90 Å². The molecule has 0 spiro atoms. The van der Waals surface area contributed by atoms with Crippen molar-refractivity contribution in [1.82, 2.24) is 15.2 Å². The highest BCUT2D eigenvalue weighted by Crippen LogP contribution is 2.30. The number of carbonyl (C=O) groups is 3. The molecule has 0 saturated carbocycles. The van der Waals surface area contributed by atoms with E-state index in [1.54, 1.807) is 6.20 Å². The Morgan fingerprint density at radius 1 is 1.15 bits per heavy atom. The summed E-state index contributed by atoms with van der Waals surface area (Å²) < 4.78 is 6.16. The van der Waals surface area contributed by atoms with Crippen LogP contribution in [0.3, 0.4) is 0 Å². The van der Waals surface area contributed by atoms with E-state index < -0.39 is 29.5 Å². The molecular formula is C26H36N4O4. The van der Waals surface area contributed by atoms with E-state index in [0.717, 1.165) is 10.8 Å². The maximum Gasteiger partial charge on any atom is 0.246 e. The first-order valence-electron chi connectivity index (χ1n) is 11.7. The number of nitrogens with two attached hydrogens (primary N) is 1. The Morgan fingerprint density at radius 3 is 2.44 bits per heavy atom. The average Bonchev–Trinajstić information content (AvgIpc) is 3.14. The van der Waals surface area contributed by atoms with Gasteiger partial charge in [0.15, 0.2) is 0 Å². The van der Waals surface area contributed by atoms with Gasteiger partial charge in [-0.3, -0.25) is 14.4 Å². The van der Waals surface area contributed by atoms with Crippen molar-refractivity contribution in [3.05, 3.63) is 36.5 Å². The molecule has 8 heteroatoms. The lowest BCUT2D eigenvalue weighted by atomic mass is 9.84. The van der Waals surface area contributed by atoms with Crippen molar-refractivity contribution in [2.75, 3.05) is 6.54 Å². The molecule has 1 saturated heterocycles. The molecule has 0 bridgehead atoms. The number of hydrogen-bond acceptors (Lipinski definition) is 5. The van der Waals surface area contributed by atoms with Crippen LogP contribution in [0.1, 0.15) is 54.4 Å². The number of primary amides is 1. The zero-order valence-electron chi connectivity index (χ0n) is 20.9. The first-order valence-corrected chi connectivity index (χ1v) is 11.7. The van der Waals surface area contributed by atoms with Crippen LogP contribution in [0.25, 0.3) is 10.8 Å². The van der Waals surface area contributed by atoms with E-state index in [9.17, 15) is 14.4 Å². The summed E-state index contributed by atoms with van der Waals surface area (Å²) in [7, 11) is 0. The highest BCUT2D eigenvalue weighted by molar-refractivity contribution is 5.93.